The van der Waals surface area contributed by atoms with Crippen molar-refractivity contribution in [3.63, 3.8) is 0 Å². The van der Waals surface area contributed by atoms with Crippen molar-refractivity contribution >= 4 is 33.4 Å². The van der Waals surface area contributed by atoms with E-state index in [1.807, 2.05) is 6.92 Å². The minimum absolute atomic E-state index is 0.160. The van der Waals surface area contributed by atoms with Crippen LogP contribution in [0.2, 0.25) is 5.15 Å². The summed E-state index contributed by atoms with van der Waals surface area (Å²) < 4.78 is 0.690. The molecule has 2 rings (SSSR count). The number of hydrogen-bond donors (Lipinski definition) is 2. The number of pyridine rings is 1. The summed E-state index contributed by atoms with van der Waals surface area (Å²) in [4.78, 5) is 20.1. The highest BCUT2D eigenvalue weighted by atomic mass is 79.9. The maximum atomic E-state index is 12.2. The van der Waals surface area contributed by atoms with Crippen molar-refractivity contribution in [3.05, 3.63) is 39.6 Å². The highest BCUT2D eigenvalue weighted by Crippen LogP contribution is 2.19. The largest absolute Gasteiger partial charge is 0.342 e. The third kappa shape index (κ3) is 3.30. The molecule has 0 fully saturated rings. The van der Waals surface area contributed by atoms with Gasteiger partial charge in [0.15, 0.2) is 0 Å². The normalized spacial score (nSPS) is 12.2. The summed E-state index contributed by atoms with van der Waals surface area (Å²) in [6, 6.07) is 1.38. The molecule has 0 radical (unpaired) electrons. The van der Waals surface area contributed by atoms with E-state index in [0.717, 1.165) is 0 Å². The van der Waals surface area contributed by atoms with Gasteiger partial charge in [-0.05, 0) is 28.4 Å². The number of amides is 1. The van der Waals surface area contributed by atoms with Crippen molar-refractivity contribution in [2.24, 2.45) is 0 Å². The van der Waals surface area contributed by atoms with Gasteiger partial charge in [0.25, 0.3) is 5.91 Å². The van der Waals surface area contributed by atoms with E-state index >= 15 is 0 Å². The van der Waals surface area contributed by atoms with Crippen molar-refractivity contribution in [3.8, 4) is 0 Å². The van der Waals surface area contributed by atoms with E-state index in [-0.39, 0.29) is 17.1 Å². The number of aromatic amines is 1. The molecule has 8 heteroatoms. The molecule has 19 heavy (non-hydrogen) atoms. The van der Waals surface area contributed by atoms with E-state index < -0.39 is 0 Å². The van der Waals surface area contributed by atoms with Crippen LogP contribution >= 0.6 is 27.5 Å². The molecule has 0 aliphatic rings. The topological polar surface area (TPSA) is 83.6 Å². The van der Waals surface area contributed by atoms with Crippen LogP contribution in [0, 0.1) is 0 Å². The number of rotatable bonds is 4. The first kappa shape index (κ1) is 14.0. The SMILES string of the molecule is CC[C@H](NC(=O)c1cc(Br)cnc1Cl)c1ncn[nH]1. The molecular formula is C11H11BrClN5O. The average molecular weight is 345 g/mol. The van der Waals surface area contributed by atoms with Gasteiger partial charge in [0.05, 0.1) is 11.6 Å². The molecule has 0 unspecified atom stereocenters. The van der Waals surface area contributed by atoms with Gasteiger partial charge in [0.2, 0.25) is 0 Å². The van der Waals surface area contributed by atoms with Crippen LogP contribution in [-0.4, -0.2) is 26.1 Å². The number of carbonyl (C=O) groups excluding carboxylic acids is 1. The Hall–Kier alpha value is -1.47. The minimum Gasteiger partial charge on any atom is -0.342 e. The lowest BCUT2D eigenvalue weighted by atomic mass is 10.2. The smallest absolute Gasteiger partial charge is 0.255 e. The van der Waals surface area contributed by atoms with E-state index in [4.69, 9.17) is 11.6 Å². The van der Waals surface area contributed by atoms with E-state index in [1.54, 1.807) is 6.07 Å². The van der Waals surface area contributed by atoms with Crippen molar-refractivity contribution in [1.29, 1.82) is 0 Å². The number of carbonyl (C=O) groups is 1. The Kier molecular flexibility index (Phi) is 4.49. The van der Waals surface area contributed by atoms with Gasteiger partial charge in [-0.15, -0.1) is 0 Å². The molecule has 100 valence electrons. The second kappa shape index (κ2) is 6.12. The Morgan fingerprint density at radius 2 is 2.37 bits per heavy atom. The molecule has 0 bridgehead atoms. The van der Waals surface area contributed by atoms with Crippen LogP contribution in [0.4, 0.5) is 0 Å². The first-order valence-electron chi connectivity index (χ1n) is 5.59. The number of halogens is 2. The molecule has 1 amide bonds. The number of hydrogen-bond acceptors (Lipinski definition) is 4. The first-order valence-corrected chi connectivity index (χ1v) is 6.76. The third-order valence-corrected chi connectivity index (χ3v) is 3.26. The van der Waals surface area contributed by atoms with Gasteiger partial charge in [-0.2, -0.15) is 5.10 Å². The fraction of sp³-hybridized carbons (Fsp3) is 0.273. The molecule has 2 N–H and O–H groups in total. The monoisotopic (exact) mass is 343 g/mol. The number of nitrogens with one attached hydrogen (secondary N) is 2. The molecule has 0 aliphatic heterocycles. The van der Waals surface area contributed by atoms with Gasteiger partial charge >= 0.3 is 0 Å². The lowest BCUT2D eigenvalue weighted by Crippen LogP contribution is -2.29. The Labute approximate surface area is 123 Å². The minimum atomic E-state index is -0.304. The summed E-state index contributed by atoms with van der Waals surface area (Å²) in [7, 11) is 0. The van der Waals surface area contributed by atoms with Crippen LogP contribution in [-0.2, 0) is 0 Å². The predicted molar refractivity (Wildman–Crippen MR) is 73.8 cm³/mol. The van der Waals surface area contributed by atoms with Gasteiger partial charge in [0, 0.05) is 10.7 Å². The molecule has 6 nitrogen and oxygen atoms in total. The molecule has 0 aliphatic carbocycles. The number of H-pyrrole nitrogens is 1. The zero-order valence-corrected chi connectivity index (χ0v) is 12.4. The van der Waals surface area contributed by atoms with Crippen LogP contribution in [0.5, 0.6) is 0 Å². The maximum absolute atomic E-state index is 12.2. The van der Waals surface area contributed by atoms with Crippen LogP contribution < -0.4 is 5.32 Å². The van der Waals surface area contributed by atoms with Gasteiger partial charge in [-0.3, -0.25) is 9.89 Å². The Morgan fingerprint density at radius 1 is 1.58 bits per heavy atom. The van der Waals surface area contributed by atoms with Crippen LogP contribution in [0.15, 0.2) is 23.1 Å². The van der Waals surface area contributed by atoms with Crippen molar-refractivity contribution in [1.82, 2.24) is 25.5 Å². The second-order valence-corrected chi connectivity index (χ2v) is 5.07. The van der Waals surface area contributed by atoms with E-state index in [0.29, 0.717) is 22.3 Å². The Balaban J connectivity index is 2.18. The number of nitrogens with zero attached hydrogens (tertiary/aromatic N) is 3. The molecule has 0 spiro atoms. The fourth-order valence-electron chi connectivity index (χ4n) is 1.56. The standard InChI is InChI=1S/C11H11BrClN5O/c1-2-8(10-15-5-16-18-10)17-11(19)7-3-6(12)4-14-9(7)13/h3-5,8H,2H2,1H3,(H,17,19)(H,15,16,18)/t8-/m0/s1. The van der Waals surface area contributed by atoms with Crippen LogP contribution in [0.25, 0.3) is 0 Å². The van der Waals surface area contributed by atoms with Gasteiger partial charge in [-0.25, -0.2) is 9.97 Å². The highest BCUT2D eigenvalue weighted by Gasteiger charge is 2.18. The lowest BCUT2D eigenvalue weighted by Gasteiger charge is -2.14. The number of aromatic nitrogens is 4. The van der Waals surface area contributed by atoms with E-state index in [9.17, 15) is 4.79 Å². The fourth-order valence-corrected chi connectivity index (χ4v) is 2.08. The molecule has 0 saturated carbocycles. The zero-order chi connectivity index (χ0) is 13.8. The summed E-state index contributed by atoms with van der Waals surface area (Å²) in [6.45, 7) is 1.94. The summed E-state index contributed by atoms with van der Waals surface area (Å²) in [5.41, 5.74) is 0.314. The van der Waals surface area contributed by atoms with Gasteiger partial charge < -0.3 is 5.32 Å². The summed E-state index contributed by atoms with van der Waals surface area (Å²) in [5, 5.41) is 9.50. The third-order valence-electron chi connectivity index (χ3n) is 2.53. The molecule has 1 atom stereocenters. The molecule has 2 heterocycles. The Bertz CT molecular complexity index is 574. The average Bonchev–Trinajstić information content (AvgIpc) is 2.92. The zero-order valence-electron chi connectivity index (χ0n) is 10.0. The molecule has 0 aromatic carbocycles. The van der Waals surface area contributed by atoms with E-state index in [1.165, 1.54) is 12.5 Å². The molecule has 2 aromatic heterocycles. The van der Waals surface area contributed by atoms with Crippen molar-refractivity contribution in [2.75, 3.05) is 0 Å². The highest BCUT2D eigenvalue weighted by molar-refractivity contribution is 9.10. The van der Waals surface area contributed by atoms with E-state index in [2.05, 4.69) is 41.4 Å². The molecule has 2 aromatic rings. The lowest BCUT2D eigenvalue weighted by molar-refractivity contribution is 0.0933. The van der Waals surface area contributed by atoms with Gasteiger partial charge in [0.1, 0.15) is 17.3 Å². The van der Waals surface area contributed by atoms with Gasteiger partial charge in [-0.1, -0.05) is 18.5 Å². The van der Waals surface area contributed by atoms with Crippen LogP contribution in [0.3, 0.4) is 0 Å². The maximum Gasteiger partial charge on any atom is 0.255 e. The summed E-state index contributed by atoms with van der Waals surface area (Å²) >= 11 is 9.17. The second-order valence-electron chi connectivity index (χ2n) is 3.80. The Morgan fingerprint density at radius 3 is 3.00 bits per heavy atom. The summed E-state index contributed by atoms with van der Waals surface area (Å²) in [6.07, 6.45) is 3.62. The predicted octanol–water partition coefficient (Wildman–Crippen LogP) is 2.50. The quantitative estimate of drug-likeness (QED) is 0.835. The molecule has 0 saturated heterocycles. The van der Waals surface area contributed by atoms with Crippen LogP contribution in [0.1, 0.15) is 35.6 Å². The first-order chi connectivity index (χ1) is 9.11. The molecular weight excluding hydrogens is 334 g/mol. The summed E-state index contributed by atoms with van der Waals surface area (Å²) in [5.74, 6) is 0.303. The van der Waals surface area contributed by atoms with Crippen molar-refractivity contribution in [2.45, 2.75) is 19.4 Å². The van der Waals surface area contributed by atoms with Crippen molar-refractivity contribution < 1.29 is 4.79 Å².